The second kappa shape index (κ2) is 4.97. The number of fused-ring (bicyclic) bond motifs is 1. The Morgan fingerprint density at radius 3 is 2.33 bits per heavy atom. The molecule has 0 aliphatic carbocycles. The molecule has 2 N–H and O–H groups in total. The van der Waals surface area contributed by atoms with Crippen LogP contribution in [0.2, 0.25) is 0 Å². The maximum Gasteiger partial charge on any atom is 0.239 e. The molecule has 0 aliphatic heterocycles. The standard InChI is InChI=1S/C15H10N2O2S2/c16-8-10-1-3-11(4-2-10)12-5-6-13-14(7-12)20-9-15(13)21(17,18)19/h1-7,9H,(H2,17,18,19). The van der Waals surface area contributed by atoms with Gasteiger partial charge in [-0.3, -0.25) is 0 Å². The predicted molar refractivity (Wildman–Crippen MR) is 83.3 cm³/mol. The molecular formula is C15H10N2O2S2. The van der Waals surface area contributed by atoms with Crippen LogP contribution in [-0.2, 0) is 10.0 Å². The Balaban J connectivity index is 2.12. The van der Waals surface area contributed by atoms with Gasteiger partial charge < -0.3 is 0 Å². The molecule has 6 heteroatoms. The fraction of sp³-hybridized carbons (Fsp3) is 0. The summed E-state index contributed by atoms with van der Waals surface area (Å²) in [4.78, 5) is 0.161. The molecule has 2 aromatic carbocycles. The fourth-order valence-corrected chi connectivity index (χ4v) is 4.23. The number of nitrogens with two attached hydrogens (primary N) is 1. The Morgan fingerprint density at radius 1 is 1.05 bits per heavy atom. The third-order valence-corrected chi connectivity index (χ3v) is 5.24. The molecule has 0 saturated carbocycles. The van der Waals surface area contributed by atoms with Gasteiger partial charge in [-0.05, 0) is 29.3 Å². The summed E-state index contributed by atoms with van der Waals surface area (Å²) in [6.07, 6.45) is 0. The number of hydrogen-bond acceptors (Lipinski definition) is 4. The number of thiophene rings is 1. The van der Waals surface area contributed by atoms with Crippen molar-refractivity contribution in [2.45, 2.75) is 4.90 Å². The van der Waals surface area contributed by atoms with Crippen LogP contribution in [0, 0.1) is 11.3 Å². The quantitative estimate of drug-likeness (QED) is 0.789. The second-order valence-electron chi connectivity index (χ2n) is 4.55. The summed E-state index contributed by atoms with van der Waals surface area (Å²) in [5.41, 5.74) is 2.55. The van der Waals surface area contributed by atoms with Gasteiger partial charge in [0, 0.05) is 15.5 Å². The van der Waals surface area contributed by atoms with E-state index in [1.54, 1.807) is 23.6 Å². The fourth-order valence-electron chi connectivity index (χ4n) is 2.14. The lowest BCUT2D eigenvalue weighted by Gasteiger charge is -2.03. The van der Waals surface area contributed by atoms with E-state index in [9.17, 15) is 8.42 Å². The molecule has 1 aromatic heterocycles. The van der Waals surface area contributed by atoms with E-state index < -0.39 is 10.0 Å². The lowest BCUT2D eigenvalue weighted by molar-refractivity contribution is 0.599. The van der Waals surface area contributed by atoms with Crippen LogP contribution in [0.5, 0.6) is 0 Å². The molecule has 21 heavy (non-hydrogen) atoms. The highest BCUT2D eigenvalue weighted by Crippen LogP contribution is 2.32. The highest BCUT2D eigenvalue weighted by Gasteiger charge is 2.14. The van der Waals surface area contributed by atoms with Crippen LogP contribution < -0.4 is 5.14 Å². The summed E-state index contributed by atoms with van der Waals surface area (Å²) < 4.78 is 23.8. The number of sulfonamides is 1. The van der Waals surface area contributed by atoms with Crippen molar-refractivity contribution in [3.8, 4) is 17.2 Å². The van der Waals surface area contributed by atoms with Crippen molar-refractivity contribution in [2.75, 3.05) is 0 Å². The van der Waals surface area contributed by atoms with Gasteiger partial charge in [0.1, 0.15) is 4.90 Å². The summed E-state index contributed by atoms with van der Waals surface area (Å²) >= 11 is 1.35. The summed E-state index contributed by atoms with van der Waals surface area (Å²) in [6.45, 7) is 0. The smallest absolute Gasteiger partial charge is 0.225 e. The molecule has 0 bridgehead atoms. The van der Waals surface area contributed by atoms with Crippen LogP contribution in [0.3, 0.4) is 0 Å². The molecule has 0 saturated heterocycles. The summed E-state index contributed by atoms with van der Waals surface area (Å²) in [6, 6.07) is 14.9. The number of hydrogen-bond donors (Lipinski definition) is 1. The zero-order valence-electron chi connectivity index (χ0n) is 10.8. The van der Waals surface area contributed by atoms with E-state index in [4.69, 9.17) is 10.4 Å². The molecule has 4 nitrogen and oxygen atoms in total. The highest BCUT2D eigenvalue weighted by atomic mass is 32.2. The van der Waals surface area contributed by atoms with Crippen LogP contribution in [0.1, 0.15) is 5.56 Å². The first-order valence-corrected chi connectivity index (χ1v) is 8.46. The average molecular weight is 314 g/mol. The molecule has 0 amide bonds. The molecule has 3 aromatic rings. The molecular weight excluding hydrogens is 304 g/mol. The minimum absolute atomic E-state index is 0.161. The first-order chi connectivity index (χ1) is 9.99. The van der Waals surface area contributed by atoms with Gasteiger partial charge >= 0.3 is 0 Å². The molecule has 0 spiro atoms. The molecule has 104 valence electrons. The van der Waals surface area contributed by atoms with Gasteiger partial charge in [0.2, 0.25) is 10.0 Å². The lowest BCUT2D eigenvalue weighted by Crippen LogP contribution is -2.11. The Labute approximate surface area is 126 Å². The Morgan fingerprint density at radius 2 is 1.71 bits per heavy atom. The molecule has 0 atom stereocenters. The van der Waals surface area contributed by atoms with E-state index in [0.717, 1.165) is 15.8 Å². The largest absolute Gasteiger partial charge is 0.239 e. The molecule has 0 aliphatic rings. The van der Waals surface area contributed by atoms with E-state index in [1.165, 1.54) is 11.3 Å². The van der Waals surface area contributed by atoms with E-state index >= 15 is 0 Å². The molecule has 0 unspecified atom stereocenters. The van der Waals surface area contributed by atoms with Crippen molar-refractivity contribution in [1.29, 1.82) is 5.26 Å². The Bertz CT molecular complexity index is 965. The van der Waals surface area contributed by atoms with E-state index in [-0.39, 0.29) is 4.90 Å². The van der Waals surface area contributed by atoms with Gasteiger partial charge in [0.25, 0.3) is 0 Å². The van der Waals surface area contributed by atoms with Crippen LogP contribution in [0.15, 0.2) is 52.7 Å². The van der Waals surface area contributed by atoms with Gasteiger partial charge in [0.05, 0.1) is 11.6 Å². The minimum atomic E-state index is -3.70. The summed E-state index contributed by atoms with van der Waals surface area (Å²) in [7, 11) is -3.70. The van der Waals surface area contributed by atoms with Gasteiger partial charge in [-0.15, -0.1) is 11.3 Å². The number of rotatable bonds is 2. The number of nitrogens with zero attached hydrogens (tertiary/aromatic N) is 1. The maximum absolute atomic E-state index is 11.5. The number of benzene rings is 2. The normalized spacial score (nSPS) is 11.4. The third kappa shape index (κ3) is 2.54. The van der Waals surface area contributed by atoms with Crippen LogP contribution in [-0.4, -0.2) is 8.42 Å². The second-order valence-corrected chi connectivity index (χ2v) is 6.99. The zero-order valence-corrected chi connectivity index (χ0v) is 12.4. The van der Waals surface area contributed by atoms with Gasteiger partial charge in [0.15, 0.2) is 0 Å². The Kier molecular flexibility index (Phi) is 3.26. The van der Waals surface area contributed by atoms with E-state index in [2.05, 4.69) is 6.07 Å². The number of nitriles is 1. The maximum atomic E-state index is 11.5. The van der Waals surface area contributed by atoms with Crippen molar-refractivity contribution in [2.24, 2.45) is 5.14 Å². The van der Waals surface area contributed by atoms with Crippen molar-refractivity contribution in [1.82, 2.24) is 0 Å². The highest BCUT2D eigenvalue weighted by molar-refractivity contribution is 7.89. The minimum Gasteiger partial charge on any atom is -0.225 e. The average Bonchev–Trinajstić information content (AvgIpc) is 2.90. The third-order valence-electron chi connectivity index (χ3n) is 3.19. The SMILES string of the molecule is N#Cc1ccc(-c2ccc3c(S(N)(=O)=O)csc3c2)cc1. The van der Waals surface area contributed by atoms with Crippen LogP contribution in [0.4, 0.5) is 0 Å². The molecule has 0 fully saturated rings. The van der Waals surface area contributed by atoms with Crippen molar-refractivity contribution >= 4 is 31.4 Å². The first kappa shape index (κ1) is 13.8. The molecule has 1 heterocycles. The van der Waals surface area contributed by atoms with E-state index in [0.29, 0.717) is 10.9 Å². The molecule has 3 rings (SSSR count). The van der Waals surface area contributed by atoms with Gasteiger partial charge in [-0.25, -0.2) is 13.6 Å². The first-order valence-electron chi connectivity index (χ1n) is 6.03. The van der Waals surface area contributed by atoms with Gasteiger partial charge in [-0.1, -0.05) is 24.3 Å². The zero-order chi connectivity index (χ0) is 15.0. The van der Waals surface area contributed by atoms with Crippen molar-refractivity contribution < 1.29 is 8.42 Å². The van der Waals surface area contributed by atoms with E-state index in [1.807, 2.05) is 24.3 Å². The summed E-state index contributed by atoms with van der Waals surface area (Å²) in [5, 5.41) is 16.2. The number of primary sulfonamides is 1. The van der Waals surface area contributed by atoms with Crippen molar-refractivity contribution in [3.63, 3.8) is 0 Å². The summed E-state index contributed by atoms with van der Waals surface area (Å²) in [5.74, 6) is 0. The van der Waals surface area contributed by atoms with Crippen LogP contribution >= 0.6 is 11.3 Å². The predicted octanol–water partition coefficient (Wildman–Crippen LogP) is 3.09. The van der Waals surface area contributed by atoms with Gasteiger partial charge in [-0.2, -0.15) is 5.26 Å². The molecule has 0 radical (unpaired) electrons. The Hall–Kier alpha value is -2.20. The monoisotopic (exact) mass is 314 g/mol. The lowest BCUT2D eigenvalue weighted by atomic mass is 10.0. The van der Waals surface area contributed by atoms with Crippen LogP contribution in [0.25, 0.3) is 21.2 Å². The topological polar surface area (TPSA) is 83.9 Å². The van der Waals surface area contributed by atoms with Crippen molar-refractivity contribution in [3.05, 3.63) is 53.4 Å².